The molecule has 0 aromatic carbocycles. The van der Waals surface area contributed by atoms with Crippen molar-refractivity contribution in [1.29, 1.82) is 0 Å². The van der Waals surface area contributed by atoms with Gasteiger partial charge in [-0.2, -0.15) is 11.8 Å². The molecule has 1 fully saturated rings. The third-order valence-corrected chi connectivity index (χ3v) is 4.56. The number of thioether (sulfide) groups is 1. The van der Waals surface area contributed by atoms with Crippen molar-refractivity contribution in [2.24, 2.45) is 5.73 Å². The van der Waals surface area contributed by atoms with Crippen molar-refractivity contribution < 1.29 is 0 Å². The van der Waals surface area contributed by atoms with Gasteiger partial charge in [0.05, 0.1) is 0 Å². The molecule has 0 bridgehead atoms. The second kappa shape index (κ2) is 8.35. The number of piperidine rings is 1. The number of hydrogen-bond donors (Lipinski definition) is 2. The summed E-state index contributed by atoms with van der Waals surface area (Å²) in [6.45, 7) is 7.58. The molecule has 3 N–H and O–H groups in total. The van der Waals surface area contributed by atoms with Gasteiger partial charge in [-0.25, -0.2) is 5.01 Å². The molecule has 0 spiro atoms. The van der Waals surface area contributed by atoms with Crippen LogP contribution in [0.2, 0.25) is 0 Å². The number of nitrogens with zero attached hydrogens (tertiary/aromatic N) is 1. The van der Waals surface area contributed by atoms with Gasteiger partial charge in [0.25, 0.3) is 0 Å². The average Bonchev–Trinajstić information content (AvgIpc) is 2.32. The van der Waals surface area contributed by atoms with E-state index in [9.17, 15) is 0 Å². The van der Waals surface area contributed by atoms with Crippen LogP contribution in [-0.2, 0) is 0 Å². The van der Waals surface area contributed by atoms with E-state index in [1.54, 1.807) is 0 Å². The Labute approximate surface area is 111 Å². The Morgan fingerprint density at radius 2 is 2.00 bits per heavy atom. The highest BCUT2D eigenvalue weighted by Gasteiger charge is 2.26. The number of hydrazine groups is 1. The number of rotatable bonds is 7. The predicted molar refractivity (Wildman–Crippen MR) is 78.2 cm³/mol. The maximum Gasteiger partial charge on any atom is 0.0345 e. The third kappa shape index (κ3) is 5.16. The molecular formula is C13H29N3S. The Bertz CT molecular complexity index is 191. The molecule has 0 radical (unpaired) electrons. The highest BCUT2D eigenvalue weighted by Crippen LogP contribution is 2.20. The molecule has 1 aliphatic rings. The topological polar surface area (TPSA) is 41.3 Å². The van der Waals surface area contributed by atoms with Crippen molar-refractivity contribution in [3.8, 4) is 0 Å². The van der Waals surface area contributed by atoms with Gasteiger partial charge >= 0.3 is 0 Å². The Hall–Kier alpha value is 0.230. The molecule has 1 aliphatic heterocycles. The first-order valence-electron chi connectivity index (χ1n) is 7.01. The summed E-state index contributed by atoms with van der Waals surface area (Å²) < 4.78 is 0. The van der Waals surface area contributed by atoms with Crippen molar-refractivity contribution in [2.45, 2.75) is 64.6 Å². The summed E-state index contributed by atoms with van der Waals surface area (Å²) in [5.74, 6) is 2.41. The Kier molecular flexibility index (Phi) is 7.51. The van der Waals surface area contributed by atoms with Crippen LogP contribution in [0.5, 0.6) is 0 Å². The van der Waals surface area contributed by atoms with Crippen LogP contribution < -0.4 is 11.2 Å². The zero-order valence-corrected chi connectivity index (χ0v) is 12.4. The van der Waals surface area contributed by atoms with Crippen LogP contribution >= 0.6 is 11.8 Å². The third-order valence-electron chi connectivity index (χ3n) is 3.62. The fourth-order valence-corrected chi connectivity index (χ4v) is 3.23. The zero-order chi connectivity index (χ0) is 12.7. The van der Waals surface area contributed by atoms with Gasteiger partial charge in [-0.15, -0.1) is 0 Å². The minimum Gasteiger partial charge on any atom is -0.329 e. The van der Waals surface area contributed by atoms with E-state index in [1.165, 1.54) is 37.2 Å². The molecule has 3 nitrogen and oxygen atoms in total. The van der Waals surface area contributed by atoms with E-state index in [2.05, 4.69) is 31.2 Å². The molecule has 1 rings (SSSR count). The zero-order valence-electron chi connectivity index (χ0n) is 11.6. The van der Waals surface area contributed by atoms with Gasteiger partial charge in [0, 0.05) is 24.7 Å². The second-order valence-corrected chi connectivity index (χ2v) is 6.48. The smallest absolute Gasteiger partial charge is 0.0345 e. The predicted octanol–water partition coefficient (Wildman–Crippen LogP) is 2.22. The van der Waals surface area contributed by atoms with E-state index in [0.29, 0.717) is 18.1 Å². The summed E-state index contributed by atoms with van der Waals surface area (Å²) in [7, 11) is 0. The number of nitrogens with two attached hydrogens (primary N) is 1. The fraction of sp³-hybridized carbons (Fsp3) is 1.00. The normalized spacial score (nSPS) is 28.2. The molecule has 1 heterocycles. The van der Waals surface area contributed by atoms with Crippen LogP contribution in [0, 0.1) is 0 Å². The van der Waals surface area contributed by atoms with Crippen molar-refractivity contribution in [3.05, 3.63) is 0 Å². The lowest BCUT2D eigenvalue weighted by Gasteiger charge is -2.41. The molecule has 3 atom stereocenters. The molecule has 102 valence electrons. The van der Waals surface area contributed by atoms with E-state index >= 15 is 0 Å². The van der Waals surface area contributed by atoms with Gasteiger partial charge < -0.3 is 5.73 Å². The summed E-state index contributed by atoms with van der Waals surface area (Å²) >= 11 is 2.00. The lowest BCUT2D eigenvalue weighted by atomic mass is 9.99. The monoisotopic (exact) mass is 259 g/mol. The van der Waals surface area contributed by atoms with Gasteiger partial charge in [-0.1, -0.05) is 13.3 Å². The van der Waals surface area contributed by atoms with Gasteiger partial charge in [0.15, 0.2) is 0 Å². The van der Waals surface area contributed by atoms with Crippen molar-refractivity contribution >= 4 is 11.8 Å². The van der Waals surface area contributed by atoms with E-state index < -0.39 is 0 Å². The molecule has 17 heavy (non-hydrogen) atoms. The van der Waals surface area contributed by atoms with Gasteiger partial charge in [-0.3, -0.25) is 5.43 Å². The van der Waals surface area contributed by atoms with E-state index in [1.807, 2.05) is 11.8 Å². The summed E-state index contributed by atoms with van der Waals surface area (Å²) in [4.78, 5) is 0. The van der Waals surface area contributed by atoms with Crippen molar-refractivity contribution in [2.75, 3.05) is 18.1 Å². The maximum absolute atomic E-state index is 5.86. The molecule has 0 amide bonds. The Balaban J connectivity index is 2.36. The minimum absolute atomic E-state index is 0.442. The van der Waals surface area contributed by atoms with Gasteiger partial charge in [0.2, 0.25) is 0 Å². The first-order valence-corrected chi connectivity index (χ1v) is 8.16. The SMILES string of the molecule is CCSCCC(CN)NN1C(C)CCCC1C. The van der Waals surface area contributed by atoms with Crippen LogP contribution in [0.1, 0.15) is 46.5 Å². The first-order chi connectivity index (χ1) is 8.19. The molecule has 4 heteroatoms. The number of nitrogens with one attached hydrogen (secondary N) is 1. The van der Waals surface area contributed by atoms with Crippen LogP contribution in [0.25, 0.3) is 0 Å². The number of hydrogen-bond acceptors (Lipinski definition) is 4. The molecule has 0 aromatic rings. The quantitative estimate of drug-likeness (QED) is 0.688. The Morgan fingerprint density at radius 1 is 1.35 bits per heavy atom. The summed E-state index contributed by atoms with van der Waals surface area (Å²) in [6.07, 6.45) is 5.14. The van der Waals surface area contributed by atoms with E-state index in [4.69, 9.17) is 5.73 Å². The summed E-state index contributed by atoms with van der Waals surface area (Å²) in [6, 6.07) is 1.73. The van der Waals surface area contributed by atoms with Crippen LogP contribution in [0.4, 0.5) is 0 Å². The van der Waals surface area contributed by atoms with E-state index in [0.717, 1.165) is 6.54 Å². The van der Waals surface area contributed by atoms with Gasteiger partial charge in [-0.05, 0) is 44.6 Å². The summed E-state index contributed by atoms with van der Waals surface area (Å²) in [5.41, 5.74) is 9.52. The van der Waals surface area contributed by atoms with Crippen molar-refractivity contribution in [1.82, 2.24) is 10.4 Å². The highest BCUT2D eigenvalue weighted by atomic mass is 32.2. The second-order valence-electron chi connectivity index (χ2n) is 5.08. The lowest BCUT2D eigenvalue weighted by Crippen LogP contribution is -2.57. The molecule has 3 unspecified atom stereocenters. The van der Waals surface area contributed by atoms with Crippen molar-refractivity contribution in [3.63, 3.8) is 0 Å². The Morgan fingerprint density at radius 3 is 2.53 bits per heavy atom. The summed E-state index contributed by atoms with van der Waals surface area (Å²) in [5, 5.41) is 2.44. The molecular weight excluding hydrogens is 230 g/mol. The molecule has 0 aliphatic carbocycles. The van der Waals surface area contributed by atoms with Crippen LogP contribution in [0.3, 0.4) is 0 Å². The van der Waals surface area contributed by atoms with Gasteiger partial charge in [0.1, 0.15) is 0 Å². The largest absolute Gasteiger partial charge is 0.329 e. The van der Waals surface area contributed by atoms with E-state index in [-0.39, 0.29) is 0 Å². The standard InChI is InChI=1S/C13H29N3S/c1-4-17-9-8-13(10-14)15-16-11(2)6-5-7-12(16)3/h11-13,15H,4-10,14H2,1-3H3. The maximum atomic E-state index is 5.86. The molecule has 1 saturated heterocycles. The molecule has 0 saturated carbocycles. The minimum atomic E-state index is 0.442. The molecule has 0 aromatic heterocycles. The highest BCUT2D eigenvalue weighted by molar-refractivity contribution is 7.99. The fourth-order valence-electron chi connectivity index (χ4n) is 2.49. The lowest BCUT2D eigenvalue weighted by molar-refractivity contribution is 0.0303. The first kappa shape index (κ1) is 15.3. The van der Waals surface area contributed by atoms with Crippen LogP contribution in [0.15, 0.2) is 0 Å². The average molecular weight is 259 g/mol. The van der Waals surface area contributed by atoms with Crippen LogP contribution in [-0.4, -0.2) is 41.2 Å².